The Morgan fingerprint density at radius 1 is 0.939 bits per heavy atom. The van der Waals surface area contributed by atoms with Gasteiger partial charge in [0.05, 0.1) is 5.71 Å². The Bertz CT molecular complexity index is 890. The summed E-state index contributed by atoms with van der Waals surface area (Å²) < 4.78 is 0. The molecule has 0 aromatic rings. The molecular weight excluding hydrogens is 404 g/mol. The molecule has 5 fully saturated rings. The molecule has 3 nitrogen and oxygen atoms in total. The van der Waals surface area contributed by atoms with E-state index in [1.165, 1.54) is 63.4 Å². The van der Waals surface area contributed by atoms with Gasteiger partial charge in [-0.1, -0.05) is 51.9 Å². The molecule has 2 N–H and O–H groups in total. The number of rotatable bonds is 2. The minimum absolute atomic E-state index is 0.0147. The topological polar surface area (TPSA) is 56.4 Å². The van der Waals surface area contributed by atoms with Gasteiger partial charge < -0.3 is 10.6 Å². The highest BCUT2D eigenvalue weighted by Gasteiger charge is 2.70. The average molecular weight is 453 g/mol. The van der Waals surface area contributed by atoms with E-state index in [1.807, 2.05) is 6.21 Å². The second-order valence-electron chi connectivity index (χ2n) is 14.3. The summed E-state index contributed by atoms with van der Waals surface area (Å²) >= 11 is 0. The van der Waals surface area contributed by atoms with E-state index in [0.29, 0.717) is 39.9 Å². The van der Waals surface area contributed by atoms with Crippen molar-refractivity contribution < 1.29 is 5.21 Å². The van der Waals surface area contributed by atoms with E-state index in [4.69, 9.17) is 5.41 Å². The van der Waals surface area contributed by atoms with Gasteiger partial charge in [0.2, 0.25) is 0 Å². The quantitative estimate of drug-likeness (QED) is 0.189. The van der Waals surface area contributed by atoms with Gasteiger partial charge in [-0.15, -0.1) is 0 Å². The molecule has 0 aromatic carbocycles. The van der Waals surface area contributed by atoms with Crippen molar-refractivity contribution >= 4 is 11.9 Å². The number of fused-ring (bicyclic) bond motifs is 7. The molecule has 5 saturated carbocycles. The van der Waals surface area contributed by atoms with Gasteiger partial charge in [-0.05, 0) is 117 Å². The zero-order valence-corrected chi connectivity index (χ0v) is 22.1. The van der Waals surface area contributed by atoms with Crippen molar-refractivity contribution in [2.24, 2.45) is 61.8 Å². The van der Waals surface area contributed by atoms with Crippen molar-refractivity contribution in [2.45, 2.75) is 106 Å². The molecule has 5 aliphatic carbocycles. The number of oxime groups is 1. The molecule has 0 aliphatic heterocycles. The Balaban J connectivity index is 1.56. The van der Waals surface area contributed by atoms with Crippen molar-refractivity contribution in [3.63, 3.8) is 0 Å². The molecule has 0 amide bonds. The van der Waals surface area contributed by atoms with Gasteiger partial charge in [0.15, 0.2) is 0 Å². The predicted octanol–water partition coefficient (Wildman–Crippen LogP) is 8.12. The van der Waals surface area contributed by atoms with Gasteiger partial charge in [-0.3, -0.25) is 0 Å². The molecule has 33 heavy (non-hydrogen) atoms. The summed E-state index contributed by atoms with van der Waals surface area (Å²) in [4.78, 5) is 0. The van der Waals surface area contributed by atoms with Crippen molar-refractivity contribution in [3.05, 3.63) is 12.2 Å². The van der Waals surface area contributed by atoms with Crippen LogP contribution in [-0.4, -0.2) is 17.1 Å². The normalized spacial score (nSPS) is 54.0. The van der Waals surface area contributed by atoms with Crippen LogP contribution < -0.4 is 0 Å². The maximum absolute atomic E-state index is 9.75. The van der Waals surface area contributed by atoms with Crippen molar-refractivity contribution in [1.29, 1.82) is 5.41 Å². The molecule has 0 heterocycles. The fourth-order valence-corrected chi connectivity index (χ4v) is 11.4. The summed E-state index contributed by atoms with van der Waals surface area (Å²) in [7, 11) is 0. The first-order chi connectivity index (χ1) is 15.4. The number of nitrogens with zero attached hydrogens (tertiary/aromatic N) is 1. The van der Waals surface area contributed by atoms with E-state index in [-0.39, 0.29) is 10.8 Å². The zero-order chi connectivity index (χ0) is 24.0. The monoisotopic (exact) mass is 452 g/mol. The third-order valence-electron chi connectivity index (χ3n) is 13.3. The highest BCUT2D eigenvalue weighted by atomic mass is 16.4. The van der Waals surface area contributed by atoms with Gasteiger partial charge in [0.1, 0.15) is 0 Å². The summed E-state index contributed by atoms with van der Waals surface area (Å²) in [5.74, 6) is 3.26. The van der Waals surface area contributed by atoms with Crippen molar-refractivity contribution in [1.82, 2.24) is 0 Å². The highest BCUT2D eigenvalue weighted by Crippen LogP contribution is 2.77. The molecule has 0 aromatic heterocycles. The van der Waals surface area contributed by atoms with E-state index in [1.54, 1.807) is 0 Å². The van der Waals surface area contributed by atoms with Crippen LogP contribution in [0.1, 0.15) is 106 Å². The first-order valence-electron chi connectivity index (χ1n) is 13.8. The Labute approximate surface area is 202 Å². The third kappa shape index (κ3) is 2.74. The largest absolute Gasteiger partial charge is 0.411 e. The second kappa shape index (κ2) is 7.20. The van der Waals surface area contributed by atoms with E-state index in [9.17, 15) is 5.21 Å². The summed E-state index contributed by atoms with van der Waals surface area (Å²) in [6.07, 6.45) is 14.1. The molecule has 4 unspecified atom stereocenters. The molecule has 3 heteroatoms. The van der Waals surface area contributed by atoms with Gasteiger partial charge in [0, 0.05) is 17.0 Å². The van der Waals surface area contributed by atoms with Crippen molar-refractivity contribution in [3.8, 4) is 0 Å². The standard InChI is InChI=1S/C30H48N2O/c1-19(2)20-10-15-30(18-31)17-16-28(6)21(25(20)30)8-9-23-27(5)13-12-24(32-33)26(3,4)22(27)11-14-29(23,28)7/h18,20-23,25,31,33H,1,8-17H2,2-7H3/b31-18?,32-24+/t20-,21?,22?,23?,25?,27-,28+,29+,30+/m0/s1. The lowest BCUT2D eigenvalue weighted by Gasteiger charge is -2.72. The Kier molecular flexibility index (Phi) is 5.15. The van der Waals surface area contributed by atoms with Gasteiger partial charge in [-0.25, -0.2) is 0 Å². The van der Waals surface area contributed by atoms with E-state index in [0.717, 1.165) is 18.1 Å². The predicted molar refractivity (Wildman–Crippen MR) is 137 cm³/mol. The summed E-state index contributed by atoms with van der Waals surface area (Å²) in [5, 5.41) is 22.0. The van der Waals surface area contributed by atoms with Crippen LogP contribution >= 0.6 is 0 Å². The zero-order valence-electron chi connectivity index (χ0n) is 22.1. The minimum Gasteiger partial charge on any atom is -0.411 e. The van der Waals surface area contributed by atoms with Crippen molar-refractivity contribution in [2.75, 3.05) is 0 Å². The van der Waals surface area contributed by atoms with E-state index >= 15 is 0 Å². The van der Waals surface area contributed by atoms with Crippen LogP contribution in [0.3, 0.4) is 0 Å². The average Bonchev–Trinajstić information content (AvgIpc) is 3.14. The molecule has 0 bridgehead atoms. The first-order valence-corrected chi connectivity index (χ1v) is 13.8. The van der Waals surface area contributed by atoms with E-state index < -0.39 is 0 Å². The second-order valence-corrected chi connectivity index (χ2v) is 14.3. The molecule has 0 saturated heterocycles. The maximum atomic E-state index is 9.75. The molecule has 5 aliphatic rings. The van der Waals surface area contributed by atoms with Crippen LogP contribution in [0.4, 0.5) is 0 Å². The molecular formula is C30H48N2O. The number of nitrogens with one attached hydrogen (secondary N) is 1. The summed E-state index contributed by atoms with van der Waals surface area (Å²) in [6, 6.07) is 0. The van der Waals surface area contributed by atoms with Crippen LogP contribution in [0.2, 0.25) is 0 Å². The fourth-order valence-electron chi connectivity index (χ4n) is 11.4. The fraction of sp³-hybridized carbons (Fsp3) is 0.867. The van der Waals surface area contributed by atoms with Crippen LogP contribution in [0.5, 0.6) is 0 Å². The van der Waals surface area contributed by atoms with Gasteiger partial charge in [0.25, 0.3) is 0 Å². The van der Waals surface area contributed by atoms with Crippen LogP contribution in [-0.2, 0) is 0 Å². The smallest absolute Gasteiger partial charge is 0.0630 e. The van der Waals surface area contributed by atoms with Crippen LogP contribution in [0.25, 0.3) is 0 Å². The number of hydrogen-bond donors (Lipinski definition) is 2. The first kappa shape index (κ1) is 23.6. The summed E-state index contributed by atoms with van der Waals surface area (Å²) in [6.45, 7) is 19.3. The minimum atomic E-state index is -0.0147. The lowest BCUT2D eigenvalue weighted by Crippen LogP contribution is -2.66. The molecule has 9 atom stereocenters. The van der Waals surface area contributed by atoms with E-state index in [2.05, 4.69) is 53.3 Å². The van der Waals surface area contributed by atoms with Crippen LogP contribution in [0.15, 0.2) is 17.3 Å². The molecule has 0 radical (unpaired) electrons. The Morgan fingerprint density at radius 3 is 2.30 bits per heavy atom. The maximum Gasteiger partial charge on any atom is 0.0630 e. The lowest BCUT2D eigenvalue weighted by atomic mass is 9.32. The number of hydrogen-bond acceptors (Lipinski definition) is 3. The Morgan fingerprint density at radius 2 is 1.67 bits per heavy atom. The number of allylic oxidation sites excluding steroid dienone is 1. The molecule has 0 spiro atoms. The lowest BCUT2D eigenvalue weighted by molar-refractivity contribution is -0.222. The van der Waals surface area contributed by atoms with Gasteiger partial charge >= 0.3 is 0 Å². The Hall–Kier alpha value is -1.12. The van der Waals surface area contributed by atoms with Crippen LogP contribution in [0, 0.1) is 62.1 Å². The molecule has 184 valence electrons. The molecule has 5 rings (SSSR count). The summed E-state index contributed by atoms with van der Waals surface area (Å²) in [5.41, 5.74) is 3.50. The SMILES string of the molecule is C=C(C)[C@@H]1CC[C@]2(C=N)CC[C@]3(C)C(CCC4[C@@]5(C)CC/C(=N\O)C(C)(C)C5CC[C@]43C)C12. The highest BCUT2D eigenvalue weighted by molar-refractivity contribution is 5.90. The van der Waals surface area contributed by atoms with Gasteiger partial charge in [-0.2, -0.15) is 0 Å². The third-order valence-corrected chi connectivity index (χ3v) is 13.3.